The number of amides is 5. The van der Waals surface area contributed by atoms with Crippen molar-refractivity contribution in [3.63, 3.8) is 0 Å². The molecule has 7 unspecified atom stereocenters. The predicted octanol–water partition coefficient (Wildman–Crippen LogP) is -3.58. The Balaban J connectivity index is 3.28. The second-order valence-electron chi connectivity index (χ2n) is 9.65. The van der Waals surface area contributed by atoms with Crippen LogP contribution in [-0.4, -0.2) is 100 Å². The topological polar surface area (TPSA) is 272 Å². The number of ether oxygens (including phenoxy) is 1. The minimum Gasteiger partial charge on any atom is -0.508 e. The normalized spacial score (nSPS) is 15.9. The summed E-state index contributed by atoms with van der Waals surface area (Å²) in [6.07, 6.45) is -3.48. The highest BCUT2D eigenvalue weighted by Crippen LogP contribution is 2.12. The number of aromatic hydroxyl groups is 1. The van der Waals surface area contributed by atoms with Crippen molar-refractivity contribution in [3.8, 4) is 5.75 Å². The molecule has 42 heavy (non-hydrogen) atoms. The van der Waals surface area contributed by atoms with Crippen LogP contribution in [0.2, 0.25) is 0 Å². The van der Waals surface area contributed by atoms with E-state index in [4.69, 9.17) is 11.5 Å². The molecule has 0 aromatic heterocycles. The van der Waals surface area contributed by atoms with Gasteiger partial charge in [-0.05, 0) is 38.0 Å². The second kappa shape index (κ2) is 16.9. The van der Waals surface area contributed by atoms with Gasteiger partial charge in [0.1, 0.15) is 23.9 Å². The summed E-state index contributed by atoms with van der Waals surface area (Å²) in [7, 11) is 1.05. The first-order valence-electron chi connectivity index (χ1n) is 13.1. The lowest BCUT2D eigenvalue weighted by Gasteiger charge is -2.27. The van der Waals surface area contributed by atoms with E-state index in [1.54, 1.807) is 6.92 Å². The molecule has 0 aliphatic rings. The number of benzene rings is 1. The van der Waals surface area contributed by atoms with Crippen LogP contribution in [0.5, 0.6) is 5.75 Å². The second-order valence-corrected chi connectivity index (χ2v) is 9.65. The number of phenols is 1. The smallest absolute Gasteiger partial charge is 0.331 e. The van der Waals surface area contributed by atoms with Gasteiger partial charge in [-0.25, -0.2) is 4.79 Å². The molecule has 0 heterocycles. The molecule has 0 radical (unpaired) electrons. The lowest BCUT2D eigenvalue weighted by molar-refractivity contribution is -0.148. The largest absolute Gasteiger partial charge is 0.508 e. The molecular formula is C26H40N6O10. The maximum absolute atomic E-state index is 13.3. The number of nitrogens with two attached hydrogens (primary N) is 2. The van der Waals surface area contributed by atoms with E-state index in [9.17, 15) is 44.1 Å². The van der Waals surface area contributed by atoms with Crippen molar-refractivity contribution in [3.05, 3.63) is 29.8 Å². The predicted molar refractivity (Wildman–Crippen MR) is 147 cm³/mol. The number of esters is 1. The molecule has 0 saturated heterocycles. The number of hydrogen-bond acceptors (Lipinski definition) is 11. The van der Waals surface area contributed by atoms with Gasteiger partial charge in [0, 0.05) is 6.42 Å². The highest BCUT2D eigenvalue weighted by Gasteiger charge is 2.35. The van der Waals surface area contributed by atoms with Gasteiger partial charge in [0.15, 0.2) is 6.04 Å². The average Bonchev–Trinajstić information content (AvgIpc) is 2.92. The van der Waals surface area contributed by atoms with Crippen LogP contribution in [0.1, 0.15) is 39.2 Å². The van der Waals surface area contributed by atoms with Gasteiger partial charge in [0.05, 0.1) is 31.8 Å². The SMILES string of the molecule is CCC(N)C(=O)NC(C(=O)NC(CC(N)=O)C(=O)NC(Cc1ccc(O)cc1)C(=O)NC(C(=O)OC)C(C)O)C(C)O. The Bertz CT molecular complexity index is 1110. The van der Waals surface area contributed by atoms with Gasteiger partial charge >= 0.3 is 5.97 Å². The Morgan fingerprint density at radius 1 is 0.810 bits per heavy atom. The van der Waals surface area contributed by atoms with Crippen LogP contribution in [-0.2, 0) is 39.9 Å². The van der Waals surface area contributed by atoms with Crippen LogP contribution in [0.4, 0.5) is 0 Å². The standard InChI is InChI=1S/C26H40N6O10/c1-5-16(27)22(37)31-20(12(2)33)25(40)30-18(11-19(28)36)23(38)29-17(10-14-6-8-15(35)9-7-14)24(39)32-21(13(3)34)26(41)42-4/h6-9,12-13,16-18,20-21,33-35H,5,10-11,27H2,1-4H3,(H2,28,36)(H,29,38)(H,30,40)(H,31,37)(H,32,39). The van der Waals surface area contributed by atoms with Crippen molar-refractivity contribution in [1.29, 1.82) is 0 Å². The van der Waals surface area contributed by atoms with E-state index >= 15 is 0 Å². The summed E-state index contributed by atoms with van der Waals surface area (Å²) in [6.45, 7) is 4.08. The van der Waals surface area contributed by atoms with Crippen LogP contribution < -0.4 is 32.7 Å². The number of carbonyl (C=O) groups is 6. The number of rotatable bonds is 16. The zero-order chi connectivity index (χ0) is 32.1. The van der Waals surface area contributed by atoms with E-state index in [1.165, 1.54) is 38.1 Å². The number of primary amides is 1. The van der Waals surface area contributed by atoms with Gasteiger partial charge in [-0.2, -0.15) is 0 Å². The van der Waals surface area contributed by atoms with Crippen molar-refractivity contribution in [2.75, 3.05) is 7.11 Å². The Morgan fingerprint density at radius 2 is 1.31 bits per heavy atom. The molecule has 234 valence electrons. The molecule has 0 saturated carbocycles. The Morgan fingerprint density at radius 3 is 1.79 bits per heavy atom. The zero-order valence-corrected chi connectivity index (χ0v) is 23.8. The minimum atomic E-state index is -1.66. The lowest BCUT2D eigenvalue weighted by atomic mass is 10.0. The number of hydrogen-bond donors (Lipinski definition) is 9. The lowest BCUT2D eigenvalue weighted by Crippen LogP contribution is -2.61. The zero-order valence-electron chi connectivity index (χ0n) is 23.8. The molecule has 11 N–H and O–H groups in total. The summed E-state index contributed by atoms with van der Waals surface area (Å²) in [5.41, 5.74) is 11.4. The molecule has 7 atom stereocenters. The number of aliphatic hydroxyl groups excluding tert-OH is 2. The summed E-state index contributed by atoms with van der Waals surface area (Å²) in [6, 6.07) is -1.51. The number of phenolic OH excluding ortho intramolecular Hbond substituents is 1. The fourth-order valence-electron chi connectivity index (χ4n) is 3.63. The number of methoxy groups -OCH3 is 1. The molecule has 5 amide bonds. The quantitative estimate of drug-likeness (QED) is 0.0842. The highest BCUT2D eigenvalue weighted by molar-refractivity contribution is 5.97. The molecule has 16 heteroatoms. The monoisotopic (exact) mass is 596 g/mol. The third-order valence-electron chi connectivity index (χ3n) is 6.12. The number of nitrogens with one attached hydrogen (secondary N) is 4. The molecular weight excluding hydrogens is 556 g/mol. The highest BCUT2D eigenvalue weighted by atomic mass is 16.5. The summed E-state index contributed by atoms with van der Waals surface area (Å²) in [4.78, 5) is 75.5. The van der Waals surface area contributed by atoms with Crippen LogP contribution in [0, 0.1) is 0 Å². The first-order chi connectivity index (χ1) is 19.6. The van der Waals surface area contributed by atoms with E-state index < -0.39 is 84.3 Å². The van der Waals surface area contributed by atoms with Crippen molar-refractivity contribution in [2.45, 2.75) is 82.5 Å². The molecule has 1 aromatic rings. The first kappa shape index (κ1) is 35.7. The van der Waals surface area contributed by atoms with Gasteiger partial charge in [-0.15, -0.1) is 0 Å². The Kier molecular flexibility index (Phi) is 14.3. The first-order valence-corrected chi connectivity index (χ1v) is 13.1. The molecule has 1 rings (SSSR count). The summed E-state index contributed by atoms with van der Waals surface area (Å²) < 4.78 is 4.60. The van der Waals surface area contributed by atoms with E-state index in [0.717, 1.165) is 7.11 Å². The number of carbonyl (C=O) groups excluding carboxylic acids is 6. The third kappa shape index (κ3) is 11.3. The van der Waals surface area contributed by atoms with Crippen LogP contribution >= 0.6 is 0 Å². The van der Waals surface area contributed by atoms with Gasteiger partial charge < -0.3 is 52.8 Å². The fourth-order valence-corrected chi connectivity index (χ4v) is 3.63. The van der Waals surface area contributed by atoms with Crippen molar-refractivity contribution in [1.82, 2.24) is 21.3 Å². The Hall–Kier alpha value is -4.28. The van der Waals surface area contributed by atoms with Gasteiger partial charge in [-0.3, -0.25) is 24.0 Å². The summed E-state index contributed by atoms with van der Waals surface area (Å²) in [5, 5.41) is 38.8. The van der Waals surface area contributed by atoms with Crippen LogP contribution in [0.3, 0.4) is 0 Å². The van der Waals surface area contributed by atoms with E-state index in [-0.39, 0.29) is 18.6 Å². The van der Waals surface area contributed by atoms with Crippen molar-refractivity contribution >= 4 is 35.5 Å². The molecule has 1 aromatic carbocycles. The molecule has 0 aliphatic carbocycles. The fraction of sp³-hybridized carbons (Fsp3) is 0.538. The van der Waals surface area contributed by atoms with Gasteiger partial charge in [0.25, 0.3) is 0 Å². The van der Waals surface area contributed by atoms with Gasteiger partial charge in [0.2, 0.25) is 29.5 Å². The van der Waals surface area contributed by atoms with Crippen molar-refractivity contribution in [2.24, 2.45) is 11.5 Å². The van der Waals surface area contributed by atoms with Crippen LogP contribution in [0.15, 0.2) is 24.3 Å². The van der Waals surface area contributed by atoms with Crippen molar-refractivity contribution < 1.29 is 48.8 Å². The molecule has 0 fully saturated rings. The van der Waals surface area contributed by atoms with Crippen LogP contribution in [0.25, 0.3) is 0 Å². The molecule has 0 bridgehead atoms. The maximum atomic E-state index is 13.3. The van der Waals surface area contributed by atoms with E-state index in [1.807, 2.05) is 0 Å². The minimum absolute atomic E-state index is 0.0625. The average molecular weight is 597 g/mol. The van der Waals surface area contributed by atoms with Gasteiger partial charge in [-0.1, -0.05) is 19.1 Å². The summed E-state index contributed by atoms with van der Waals surface area (Å²) in [5.74, 6) is -5.78. The molecule has 16 nitrogen and oxygen atoms in total. The van der Waals surface area contributed by atoms with E-state index in [2.05, 4.69) is 26.0 Å². The Labute approximate surface area is 242 Å². The molecule has 0 aliphatic heterocycles. The third-order valence-corrected chi connectivity index (χ3v) is 6.12. The summed E-state index contributed by atoms with van der Waals surface area (Å²) >= 11 is 0. The molecule has 0 spiro atoms. The maximum Gasteiger partial charge on any atom is 0.331 e. The van der Waals surface area contributed by atoms with E-state index in [0.29, 0.717) is 5.56 Å². The number of aliphatic hydroxyl groups is 2.